The molecule has 0 bridgehead atoms. The van der Waals surface area contributed by atoms with Crippen LogP contribution in [0.5, 0.6) is 5.75 Å². The molecule has 6 nitrogen and oxygen atoms in total. The number of barbiturate groups is 1. The second-order valence-electron chi connectivity index (χ2n) is 6.75. The van der Waals surface area contributed by atoms with Crippen LogP contribution < -0.4 is 15.0 Å². The zero-order valence-electron chi connectivity index (χ0n) is 16.2. The Kier molecular flexibility index (Phi) is 5.57. The number of para-hydroxylation sites is 1. The predicted molar refractivity (Wildman–Crippen MR) is 113 cm³/mol. The van der Waals surface area contributed by atoms with Gasteiger partial charge in [-0.25, -0.2) is 14.1 Å². The lowest BCUT2D eigenvalue weighted by Gasteiger charge is -2.26. The monoisotopic (exact) mass is 416 g/mol. The topological polar surface area (TPSA) is 75.7 Å². The Hall–Kier alpha value is -4.26. The average Bonchev–Trinajstić information content (AvgIpc) is 2.78. The molecule has 1 saturated heterocycles. The molecule has 4 amide bonds. The normalized spacial score (nSPS) is 15.2. The molecule has 4 rings (SSSR count). The molecule has 0 atom stereocenters. The van der Waals surface area contributed by atoms with Gasteiger partial charge in [-0.15, -0.1) is 0 Å². The van der Waals surface area contributed by atoms with Crippen molar-refractivity contribution in [3.05, 3.63) is 101 Å². The largest absolute Gasteiger partial charge is 0.489 e. The summed E-state index contributed by atoms with van der Waals surface area (Å²) in [5.74, 6) is -1.87. The van der Waals surface area contributed by atoms with E-state index >= 15 is 0 Å². The summed E-state index contributed by atoms with van der Waals surface area (Å²) in [7, 11) is 0. The van der Waals surface area contributed by atoms with Crippen LogP contribution in [0.2, 0.25) is 0 Å². The van der Waals surface area contributed by atoms with Crippen molar-refractivity contribution in [3.8, 4) is 5.75 Å². The van der Waals surface area contributed by atoms with Crippen molar-refractivity contribution in [2.75, 3.05) is 4.90 Å². The summed E-state index contributed by atoms with van der Waals surface area (Å²) in [5.41, 5.74) is 1.07. The van der Waals surface area contributed by atoms with E-state index < -0.39 is 23.7 Å². The van der Waals surface area contributed by atoms with E-state index in [4.69, 9.17) is 4.74 Å². The van der Waals surface area contributed by atoms with Crippen LogP contribution in [0.15, 0.2) is 84.4 Å². The molecule has 0 aromatic heterocycles. The standard InChI is InChI=1S/C24H17FN2O4/c25-20-8-4-5-9-21(20)27-23(29)19(22(28)26-24(27)30)14-16-10-12-18(13-11-16)31-15-17-6-2-1-3-7-17/h1-14H,15H2,(H,26,28,30)/b19-14-. The van der Waals surface area contributed by atoms with E-state index in [1.165, 1.54) is 24.3 Å². The lowest BCUT2D eigenvalue weighted by atomic mass is 10.1. The van der Waals surface area contributed by atoms with Crippen LogP contribution in [0.25, 0.3) is 6.08 Å². The molecule has 0 saturated carbocycles. The summed E-state index contributed by atoms with van der Waals surface area (Å²) in [6, 6.07) is 20.8. The maximum atomic E-state index is 14.1. The Bertz CT molecular complexity index is 1170. The highest BCUT2D eigenvalue weighted by atomic mass is 19.1. The van der Waals surface area contributed by atoms with Crippen LogP contribution in [0.3, 0.4) is 0 Å². The van der Waals surface area contributed by atoms with Crippen LogP contribution >= 0.6 is 0 Å². The molecule has 0 radical (unpaired) electrons. The van der Waals surface area contributed by atoms with Crippen LogP contribution in [-0.4, -0.2) is 17.8 Å². The zero-order chi connectivity index (χ0) is 21.8. The van der Waals surface area contributed by atoms with E-state index in [0.29, 0.717) is 22.8 Å². The van der Waals surface area contributed by atoms with Crippen molar-refractivity contribution in [2.24, 2.45) is 0 Å². The molecule has 3 aromatic rings. The number of nitrogens with one attached hydrogen (secondary N) is 1. The van der Waals surface area contributed by atoms with E-state index in [1.54, 1.807) is 24.3 Å². The van der Waals surface area contributed by atoms with Crippen molar-refractivity contribution in [2.45, 2.75) is 6.61 Å². The lowest BCUT2D eigenvalue weighted by Crippen LogP contribution is -2.54. The Balaban J connectivity index is 1.54. The first kappa shape index (κ1) is 20.0. The molecule has 0 spiro atoms. The summed E-state index contributed by atoms with van der Waals surface area (Å²) in [5, 5.41) is 2.07. The first-order valence-electron chi connectivity index (χ1n) is 9.46. The van der Waals surface area contributed by atoms with Gasteiger partial charge in [0.2, 0.25) is 0 Å². The van der Waals surface area contributed by atoms with E-state index in [9.17, 15) is 18.8 Å². The fourth-order valence-electron chi connectivity index (χ4n) is 3.08. The Morgan fingerprint density at radius 2 is 1.55 bits per heavy atom. The number of carbonyl (C=O) groups is 3. The number of urea groups is 1. The van der Waals surface area contributed by atoms with Crippen LogP contribution in [-0.2, 0) is 16.2 Å². The van der Waals surface area contributed by atoms with Crippen molar-refractivity contribution >= 4 is 29.6 Å². The van der Waals surface area contributed by atoms with Gasteiger partial charge in [-0.2, -0.15) is 0 Å². The summed E-state index contributed by atoms with van der Waals surface area (Å²) in [6.45, 7) is 0.405. The second kappa shape index (κ2) is 8.62. The number of halogens is 1. The van der Waals surface area contributed by atoms with Gasteiger partial charge in [0.15, 0.2) is 0 Å². The molecule has 1 aliphatic rings. The number of carbonyl (C=O) groups excluding carboxylic acids is 3. The Morgan fingerprint density at radius 1 is 0.871 bits per heavy atom. The maximum absolute atomic E-state index is 14.1. The van der Waals surface area contributed by atoms with Gasteiger partial charge in [0, 0.05) is 0 Å². The molecule has 1 aliphatic heterocycles. The van der Waals surface area contributed by atoms with E-state index in [1.807, 2.05) is 30.3 Å². The van der Waals surface area contributed by atoms with Crippen molar-refractivity contribution in [1.29, 1.82) is 0 Å². The average molecular weight is 416 g/mol. The number of rotatable bonds is 5. The number of hydrogen-bond acceptors (Lipinski definition) is 4. The van der Waals surface area contributed by atoms with Crippen LogP contribution in [0.1, 0.15) is 11.1 Å². The summed E-state index contributed by atoms with van der Waals surface area (Å²) >= 11 is 0. The SMILES string of the molecule is O=C1NC(=O)N(c2ccccc2F)C(=O)/C1=C\c1ccc(OCc2ccccc2)cc1. The third kappa shape index (κ3) is 4.35. The zero-order valence-corrected chi connectivity index (χ0v) is 16.2. The maximum Gasteiger partial charge on any atom is 0.336 e. The molecule has 0 unspecified atom stereocenters. The van der Waals surface area contributed by atoms with E-state index in [2.05, 4.69) is 5.32 Å². The molecular weight excluding hydrogens is 399 g/mol. The lowest BCUT2D eigenvalue weighted by molar-refractivity contribution is -0.122. The van der Waals surface area contributed by atoms with Gasteiger partial charge < -0.3 is 4.74 Å². The quantitative estimate of drug-likeness (QED) is 0.503. The van der Waals surface area contributed by atoms with Gasteiger partial charge in [0.05, 0.1) is 5.69 Å². The number of ether oxygens (including phenoxy) is 1. The fraction of sp³-hybridized carbons (Fsp3) is 0.0417. The highest BCUT2D eigenvalue weighted by Gasteiger charge is 2.37. The summed E-state index contributed by atoms with van der Waals surface area (Å²) < 4.78 is 19.8. The van der Waals surface area contributed by atoms with Crippen molar-refractivity contribution < 1.29 is 23.5 Å². The number of imide groups is 2. The number of amides is 4. The van der Waals surface area contributed by atoms with Gasteiger partial charge in [0.25, 0.3) is 11.8 Å². The third-order valence-corrected chi connectivity index (χ3v) is 4.63. The van der Waals surface area contributed by atoms with Gasteiger partial charge in [-0.3, -0.25) is 14.9 Å². The minimum atomic E-state index is -0.998. The minimum Gasteiger partial charge on any atom is -0.489 e. The first-order valence-corrected chi connectivity index (χ1v) is 9.46. The second-order valence-corrected chi connectivity index (χ2v) is 6.75. The molecule has 7 heteroatoms. The van der Waals surface area contributed by atoms with Gasteiger partial charge in [-0.05, 0) is 41.5 Å². The Morgan fingerprint density at radius 3 is 2.26 bits per heavy atom. The highest BCUT2D eigenvalue weighted by Crippen LogP contribution is 2.25. The highest BCUT2D eigenvalue weighted by molar-refractivity contribution is 6.39. The third-order valence-electron chi connectivity index (χ3n) is 4.63. The van der Waals surface area contributed by atoms with Crippen molar-refractivity contribution in [1.82, 2.24) is 5.32 Å². The molecule has 3 aromatic carbocycles. The number of benzene rings is 3. The molecular formula is C24H17FN2O4. The summed E-state index contributed by atoms with van der Waals surface area (Å²) in [4.78, 5) is 37.8. The fourth-order valence-corrected chi connectivity index (χ4v) is 3.08. The van der Waals surface area contributed by atoms with Gasteiger partial charge in [0.1, 0.15) is 23.7 Å². The van der Waals surface area contributed by atoms with Crippen LogP contribution in [0, 0.1) is 5.82 Å². The van der Waals surface area contributed by atoms with Crippen molar-refractivity contribution in [3.63, 3.8) is 0 Å². The number of nitrogens with zero attached hydrogens (tertiary/aromatic N) is 1. The molecule has 1 fully saturated rings. The number of anilines is 1. The van der Waals surface area contributed by atoms with Crippen LogP contribution in [0.4, 0.5) is 14.9 Å². The Labute approximate surface area is 177 Å². The van der Waals surface area contributed by atoms with Gasteiger partial charge in [-0.1, -0.05) is 54.6 Å². The molecule has 0 aliphatic carbocycles. The molecule has 1 heterocycles. The molecule has 154 valence electrons. The first-order chi connectivity index (χ1) is 15.0. The minimum absolute atomic E-state index is 0.229. The number of hydrogen-bond donors (Lipinski definition) is 1. The van der Waals surface area contributed by atoms with E-state index in [-0.39, 0.29) is 11.3 Å². The summed E-state index contributed by atoms with van der Waals surface area (Å²) in [6.07, 6.45) is 1.35. The van der Waals surface area contributed by atoms with Gasteiger partial charge >= 0.3 is 6.03 Å². The predicted octanol–water partition coefficient (Wildman–Crippen LogP) is 4.07. The van der Waals surface area contributed by atoms with E-state index in [0.717, 1.165) is 11.6 Å². The molecule has 1 N–H and O–H groups in total. The smallest absolute Gasteiger partial charge is 0.336 e. The molecule has 31 heavy (non-hydrogen) atoms.